The lowest BCUT2D eigenvalue weighted by molar-refractivity contribution is -0.384. The summed E-state index contributed by atoms with van der Waals surface area (Å²) in [5.41, 5.74) is 8.22. The van der Waals surface area contributed by atoms with Crippen LogP contribution in [0, 0.1) is 21.4 Å². The Bertz CT molecular complexity index is 1210. The van der Waals surface area contributed by atoms with Gasteiger partial charge in [0.05, 0.1) is 15.3 Å². The second-order valence-electron chi connectivity index (χ2n) is 7.44. The number of nitriles is 1. The molecule has 0 saturated carbocycles. The second kappa shape index (κ2) is 8.85. The summed E-state index contributed by atoms with van der Waals surface area (Å²) in [6.07, 6.45) is 1.71. The molecule has 0 spiro atoms. The number of ketones is 1. The molecule has 0 unspecified atom stereocenters. The number of nitro benzene ring substituents is 1. The van der Waals surface area contributed by atoms with Crippen molar-refractivity contribution in [1.29, 1.82) is 5.26 Å². The molecule has 162 valence electrons. The van der Waals surface area contributed by atoms with Gasteiger partial charge in [0.1, 0.15) is 29.8 Å². The minimum Gasteiger partial charge on any atom is -0.488 e. The zero-order valence-electron chi connectivity index (χ0n) is 16.8. The van der Waals surface area contributed by atoms with Crippen LogP contribution in [0.15, 0.2) is 69.7 Å². The summed E-state index contributed by atoms with van der Waals surface area (Å²) in [6, 6.07) is 13.6. The number of halogens is 1. The van der Waals surface area contributed by atoms with Gasteiger partial charge in [0.25, 0.3) is 5.69 Å². The fourth-order valence-corrected chi connectivity index (χ4v) is 4.39. The van der Waals surface area contributed by atoms with E-state index in [2.05, 4.69) is 22.0 Å². The number of allylic oxidation sites excluding steroid dienone is 3. The molecule has 1 atom stereocenters. The predicted octanol–water partition coefficient (Wildman–Crippen LogP) is 4.75. The molecule has 1 heterocycles. The number of carbonyl (C=O) groups is 1. The highest BCUT2D eigenvalue weighted by atomic mass is 79.9. The molecular weight excluding hydrogens is 478 g/mol. The monoisotopic (exact) mass is 495 g/mol. The van der Waals surface area contributed by atoms with Crippen molar-refractivity contribution in [3.63, 3.8) is 0 Å². The summed E-state index contributed by atoms with van der Waals surface area (Å²) in [5, 5.41) is 20.5. The fraction of sp³-hybridized carbons (Fsp3) is 0.217. The Morgan fingerprint density at radius 2 is 2.00 bits per heavy atom. The molecule has 4 rings (SSSR count). The first-order valence-electron chi connectivity index (χ1n) is 9.88. The molecule has 0 radical (unpaired) electrons. The predicted molar refractivity (Wildman–Crippen MR) is 118 cm³/mol. The zero-order chi connectivity index (χ0) is 22.8. The largest absolute Gasteiger partial charge is 0.488 e. The molecule has 2 aromatic rings. The lowest BCUT2D eigenvalue weighted by Crippen LogP contribution is -2.27. The van der Waals surface area contributed by atoms with Gasteiger partial charge in [0.15, 0.2) is 5.78 Å². The van der Waals surface area contributed by atoms with Crippen molar-refractivity contribution in [3.05, 3.63) is 91.0 Å². The van der Waals surface area contributed by atoms with E-state index in [9.17, 15) is 20.2 Å². The quantitative estimate of drug-likeness (QED) is 0.467. The van der Waals surface area contributed by atoms with E-state index in [0.717, 1.165) is 11.1 Å². The normalized spacial score (nSPS) is 18.0. The number of benzene rings is 2. The van der Waals surface area contributed by atoms with Crippen molar-refractivity contribution in [2.75, 3.05) is 0 Å². The van der Waals surface area contributed by atoms with E-state index in [1.54, 1.807) is 30.3 Å². The number of Topliss-reactive ketones (excluding diaryl/α,β-unsaturated/α-hetero) is 1. The van der Waals surface area contributed by atoms with E-state index < -0.39 is 10.8 Å². The van der Waals surface area contributed by atoms with Crippen LogP contribution >= 0.6 is 15.9 Å². The third kappa shape index (κ3) is 4.09. The van der Waals surface area contributed by atoms with Crippen LogP contribution in [-0.2, 0) is 16.1 Å². The van der Waals surface area contributed by atoms with Crippen molar-refractivity contribution in [1.82, 2.24) is 0 Å². The van der Waals surface area contributed by atoms with Gasteiger partial charge in [-0.3, -0.25) is 14.9 Å². The van der Waals surface area contributed by atoms with Crippen LogP contribution in [0.3, 0.4) is 0 Å². The Balaban J connectivity index is 1.59. The molecule has 0 bridgehead atoms. The van der Waals surface area contributed by atoms with Crippen LogP contribution in [-0.4, -0.2) is 10.7 Å². The number of hydrogen-bond donors (Lipinski definition) is 1. The zero-order valence-corrected chi connectivity index (χ0v) is 18.4. The van der Waals surface area contributed by atoms with E-state index in [1.165, 1.54) is 12.1 Å². The Kier molecular flexibility index (Phi) is 5.97. The molecule has 8 nitrogen and oxygen atoms in total. The molecule has 32 heavy (non-hydrogen) atoms. The van der Waals surface area contributed by atoms with Crippen molar-refractivity contribution < 1.29 is 19.2 Å². The molecule has 0 fully saturated rings. The first-order valence-corrected chi connectivity index (χ1v) is 10.7. The first kappa shape index (κ1) is 21.6. The van der Waals surface area contributed by atoms with E-state index in [-0.39, 0.29) is 29.5 Å². The maximum absolute atomic E-state index is 12.7. The third-order valence-corrected chi connectivity index (χ3v) is 6.06. The number of nitrogens with zero attached hydrogens (tertiary/aromatic N) is 2. The Morgan fingerprint density at radius 1 is 1.25 bits per heavy atom. The van der Waals surface area contributed by atoms with Crippen LogP contribution in [0.25, 0.3) is 0 Å². The maximum atomic E-state index is 12.7. The highest BCUT2D eigenvalue weighted by Crippen LogP contribution is 2.44. The average Bonchev–Trinajstić information content (AvgIpc) is 2.77. The minimum atomic E-state index is -0.587. The number of nitro groups is 1. The van der Waals surface area contributed by atoms with Crippen LogP contribution in [0.2, 0.25) is 0 Å². The molecule has 2 aliphatic rings. The number of carbonyl (C=O) groups excluding carboxylic acids is 1. The highest BCUT2D eigenvalue weighted by molar-refractivity contribution is 9.10. The summed E-state index contributed by atoms with van der Waals surface area (Å²) in [4.78, 5) is 23.0. The van der Waals surface area contributed by atoms with Crippen LogP contribution in [0.4, 0.5) is 5.69 Å². The standard InChI is InChI=1S/C23H18BrN3O5/c24-17-10-14(6-9-19(17)31-12-13-4-7-15(8-5-13)27(29)30)21-16(11-25)23(26)32-20-3-1-2-18(28)22(20)21/h4-10,21H,1-3,12,26H2/t21-/m0/s1. The van der Waals surface area contributed by atoms with Crippen molar-refractivity contribution in [2.24, 2.45) is 5.73 Å². The molecule has 2 aromatic carbocycles. The van der Waals surface area contributed by atoms with Gasteiger partial charge in [-0.15, -0.1) is 0 Å². The van der Waals surface area contributed by atoms with E-state index in [1.807, 2.05) is 0 Å². The van der Waals surface area contributed by atoms with E-state index in [0.29, 0.717) is 40.8 Å². The van der Waals surface area contributed by atoms with Crippen LogP contribution in [0.1, 0.15) is 36.3 Å². The van der Waals surface area contributed by atoms with Gasteiger partial charge < -0.3 is 15.2 Å². The molecule has 0 amide bonds. The number of ether oxygens (including phenoxy) is 2. The maximum Gasteiger partial charge on any atom is 0.269 e. The lowest BCUT2D eigenvalue weighted by atomic mass is 9.77. The van der Waals surface area contributed by atoms with Crippen LogP contribution in [0.5, 0.6) is 5.75 Å². The Hall–Kier alpha value is -3.64. The first-order chi connectivity index (χ1) is 15.4. The second-order valence-corrected chi connectivity index (χ2v) is 8.29. The summed E-state index contributed by atoms with van der Waals surface area (Å²) in [7, 11) is 0. The van der Waals surface area contributed by atoms with Gasteiger partial charge in [-0.1, -0.05) is 6.07 Å². The van der Waals surface area contributed by atoms with Gasteiger partial charge >= 0.3 is 0 Å². The molecule has 0 aromatic heterocycles. The smallest absolute Gasteiger partial charge is 0.269 e. The van der Waals surface area contributed by atoms with Gasteiger partial charge in [-0.25, -0.2) is 0 Å². The summed E-state index contributed by atoms with van der Waals surface area (Å²) in [5.74, 6) is 0.499. The number of rotatable bonds is 5. The molecule has 1 aliphatic heterocycles. The van der Waals surface area contributed by atoms with Gasteiger partial charge in [-0.2, -0.15) is 5.26 Å². The SMILES string of the molecule is N#CC1=C(N)OC2=C(C(=O)CCC2)[C@H]1c1ccc(OCc2ccc([N+](=O)[O-])cc2)c(Br)c1. The molecule has 0 saturated heterocycles. The van der Waals surface area contributed by atoms with Gasteiger partial charge in [0.2, 0.25) is 5.88 Å². The number of non-ortho nitro benzene ring substituents is 1. The topological polar surface area (TPSA) is 128 Å². The average molecular weight is 496 g/mol. The fourth-order valence-electron chi connectivity index (χ4n) is 3.88. The molecule has 2 N–H and O–H groups in total. The van der Waals surface area contributed by atoms with E-state index in [4.69, 9.17) is 15.2 Å². The third-order valence-electron chi connectivity index (χ3n) is 5.44. The molecule has 1 aliphatic carbocycles. The minimum absolute atomic E-state index is 0.0160. The van der Waals surface area contributed by atoms with Gasteiger partial charge in [0, 0.05) is 30.5 Å². The number of nitrogens with two attached hydrogens (primary N) is 1. The van der Waals surface area contributed by atoms with Crippen LogP contribution < -0.4 is 10.5 Å². The van der Waals surface area contributed by atoms with Crippen molar-refractivity contribution in [2.45, 2.75) is 31.8 Å². The Labute approximate surface area is 192 Å². The summed E-state index contributed by atoms with van der Waals surface area (Å²) in [6.45, 7) is 0.220. The van der Waals surface area contributed by atoms with Gasteiger partial charge in [-0.05, 0) is 57.7 Å². The number of hydrogen-bond acceptors (Lipinski definition) is 7. The molecular formula is C23H18BrN3O5. The van der Waals surface area contributed by atoms with E-state index >= 15 is 0 Å². The summed E-state index contributed by atoms with van der Waals surface area (Å²) < 4.78 is 12.1. The summed E-state index contributed by atoms with van der Waals surface area (Å²) >= 11 is 3.50. The van der Waals surface area contributed by atoms with Crippen molar-refractivity contribution >= 4 is 27.4 Å². The van der Waals surface area contributed by atoms with Crippen molar-refractivity contribution in [3.8, 4) is 11.8 Å². The lowest BCUT2D eigenvalue weighted by Gasteiger charge is -2.31. The molecule has 9 heteroatoms. The Morgan fingerprint density at radius 3 is 2.66 bits per heavy atom. The highest BCUT2D eigenvalue weighted by Gasteiger charge is 2.38.